The van der Waals surface area contributed by atoms with Crippen molar-refractivity contribution >= 4 is 39.5 Å². The van der Waals surface area contributed by atoms with Crippen molar-refractivity contribution in [1.82, 2.24) is 0 Å². The van der Waals surface area contributed by atoms with Crippen molar-refractivity contribution in [3.8, 4) is 0 Å². The van der Waals surface area contributed by atoms with Gasteiger partial charge in [-0.3, -0.25) is 0 Å². The lowest BCUT2D eigenvalue weighted by molar-refractivity contribution is -0.873. The average Bonchev–Trinajstić information content (AvgIpc) is 2.95. The summed E-state index contributed by atoms with van der Waals surface area (Å²) >= 11 is 0. The number of aromatic nitrogens is 1. The van der Waals surface area contributed by atoms with Crippen LogP contribution in [0, 0.1) is 0 Å². The minimum atomic E-state index is 1.00. The van der Waals surface area contributed by atoms with Gasteiger partial charge in [0.05, 0.1) is 39.5 Å². The number of para-hydroxylation sites is 1. The molecule has 0 saturated carbocycles. The van der Waals surface area contributed by atoms with Crippen LogP contribution in [0.15, 0.2) is 85.1 Å². The predicted molar refractivity (Wildman–Crippen MR) is 176 cm³/mol. The van der Waals surface area contributed by atoms with Gasteiger partial charge < -0.3 is 9.38 Å². The Bertz CT molecular complexity index is 1430. The first-order chi connectivity index (χ1) is 19.4. The molecule has 210 valence electrons. The van der Waals surface area contributed by atoms with Gasteiger partial charge >= 0.3 is 0 Å². The maximum atomic E-state index is 2.56. The lowest BCUT2D eigenvalue weighted by Gasteiger charge is -2.25. The van der Waals surface area contributed by atoms with Crippen LogP contribution in [0.5, 0.6) is 0 Å². The Morgan fingerprint density at radius 2 is 1.45 bits per heavy atom. The van der Waals surface area contributed by atoms with Gasteiger partial charge in [-0.05, 0) is 59.0 Å². The van der Waals surface area contributed by atoms with Crippen LogP contribution in [0.25, 0.3) is 33.8 Å². The lowest BCUT2D eigenvalue weighted by Crippen LogP contribution is -2.40. The molecule has 0 unspecified atom stereocenters. The van der Waals surface area contributed by atoms with Crippen molar-refractivity contribution in [2.24, 2.45) is 0 Å². The van der Waals surface area contributed by atoms with Crippen LogP contribution in [-0.2, 0) is 6.54 Å². The third-order valence-corrected chi connectivity index (χ3v) is 7.64. The second-order valence-corrected chi connectivity index (χ2v) is 12.1. The van der Waals surface area contributed by atoms with Crippen molar-refractivity contribution in [3.05, 3.63) is 96.2 Å². The number of rotatable bonds is 14. The summed E-state index contributed by atoms with van der Waals surface area (Å²) in [6.45, 7) is 9.04. The molecule has 0 radical (unpaired) electrons. The third-order valence-electron chi connectivity index (χ3n) is 7.64. The van der Waals surface area contributed by atoms with Crippen LogP contribution in [0.3, 0.4) is 0 Å². The number of aryl methyl sites for hydroxylation is 1. The van der Waals surface area contributed by atoms with Crippen molar-refractivity contribution in [2.45, 2.75) is 52.5 Å². The molecule has 3 heteroatoms. The van der Waals surface area contributed by atoms with Crippen molar-refractivity contribution in [2.75, 3.05) is 45.7 Å². The second-order valence-electron chi connectivity index (χ2n) is 12.1. The van der Waals surface area contributed by atoms with Crippen LogP contribution in [-0.4, -0.2) is 45.3 Å². The van der Waals surface area contributed by atoms with Crippen LogP contribution >= 0.6 is 0 Å². The number of hydrogen-bond donors (Lipinski definition) is 0. The van der Waals surface area contributed by atoms with Crippen LogP contribution in [0.2, 0.25) is 0 Å². The monoisotopic (exact) mass is 535 g/mol. The predicted octanol–water partition coefficient (Wildman–Crippen LogP) is 8.51. The Hall–Kier alpha value is -3.43. The summed E-state index contributed by atoms with van der Waals surface area (Å²) in [7, 11) is 6.78. The minimum absolute atomic E-state index is 1.00. The molecule has 0 aliphatic heterocycles. The number of nitrogens with zero attached hydrogens (tertiary/aromatic N) is 3. The fourth-order valence-electron chi connectivity index (χ4n) is 5.31. The average molecular weight is 536 g/mol. The van der Waals surface area contributed by atoms with E-state index in [4.69, 9.17) is 0 Å². The van der Waals surface area contributed by atoms with Crippen molar-refractivity contribution < 1.29 is 9.05 Å². The molecule has 0 bridgehead atoms. The highest BCUT2D eigenvalue weighted by atomic mass is 15.3. The van der Waals surface area contributed by atoms with E-state index in [2.05, 4.69) is 142 Å². The van der Waals surface area contributed by atoms with E-state index in [1.165, 1.54) is 77.1 Å². The first-order valence-electron chi connectivity index (χ1n) is 15.2. The van der Waals surface area contributed by atoms with E-state index in [-0.39, 0.29) is 0 Å². The Morgan fingerprint density at radius 1 is 0.750 bits per heavy atom. The molecule has 1 heterocycles. The van der Waals surface area contributed by atoms with E-state index < -0.39 is 0 Å². The molecule has 0 amide bonds. The van der Waals surface area contributed by atoms with E-state index >= 15 is 0 Å². The van der Waals surface area contributed by atoms with Gasteiger partial charge in [-0.25, -0.2) is 0 Å². The molecule has 0 fully saturated rings. The van der Waals surface area contributed by atoms with E-state index in [1.807, 2.05) is 0 Å². The number of benzene rings is 3. The summed E-state index contributed by atoms with van der Waals surface area (Å²) in [4.78, 5) is 2.56. The lowest BCUT2D eigenvalue weighted by atomic mass is 10.0. The molecule has 40 heavy (non-hydrogen) atoms. The van der Waals surface area contributed by atoms with Crippen molar-refractivity contribution in [1.29, 1.82) is 0 Å². The number of hydrogen-bond acceptors (Lipinski definition) is 1. The zero-order valence-corrected chi connectivity index (χ0v) is 25.4. The van der Waals surface area contributed by atoms with Gasteiger partial charge in [-0.1, -0.05) is 81.3 Å². The fraction of sp³-hybridized carbons (Fsp3) is 0.378. The normalized spacial score (nSPS) is 12.3. The molecule has 0 N–H and O–H groups in total. The summed E-state index contributed by atoms with van der Waals surface area (Å²) in [5, 5.41) is 3.91. The molecule has 4 aromatic rings. The van der Waals surface area contributed by atoms with Crippen LogP contribution in [0.1, 0.15) is 57.1 Å². The quantitative estimate of drug-likeness (QED) is 0.0892. The first-order valence-corrected chi connectivity index (χ1v) is 15.2. The molecule has 4 rings (SSSR count). The highest BCUT2D eigenvalue weighted by Gasteiger charge is 2.13. The topological polar surface area (TPSA) is 7.12 Å². The summed E-state index contributed by atoms with van der Waals surface area (Å²) in [6.07, 6.45) is 17.1. The number of anilines is 1. The van der Waals surface area contributed by atoms with Gasteiger partial charge in [0.25, 0.3) is 0 Å². The zero-order valence-electron chi connectivity index (χ0n) is 25.4. The highest BCUT2D eigenvalue weighted by molar-refractivity contribution is 5.88. The molecule has 0 saturated heterocycles. The van der Waals surface area contributed by atoms with E-state index in [1.54, 1.807) is 0 Å². The Morgan fingerprint density at radius 3 is 2.20 bits per heavy atom. The minimum Gasteiger partial charge on any atom is -0.372 e. The molecule has 0 aliphatic carbocycles. The summed E-state index contributed by atoms with van der Waals surface area (Å²) in [5.74, 6) is 0. The van der Waals surface area contributed by atoms with Gasteiger partial charge in [0.1, 0.15) is 0 Å². The highest BCUT2D eigenvalue weighted by Crippen LogP contribution is 2.25. The Labute approximate surface area is 242 Å². The standard InChI is InChI=1S/C37H49N3/c1-6-8-24-38(25-9-7-2)35-22-21-33-29-31(19-20-34(33)30-35)15-10-11-16-32-23-27-39(26-14-28-40(3,4)5)37-18-13-12-17-36(32)37/h10-13,15-23,27,29-30H,6-9,14,24-26,28H2,1-5H3/q+2. The molecule has 1 aromatic heterocycles. The van der Waals surface area contributed by atoms with Crippen LogP contribution in [0.4, 0.5) is 5.69 Å². The molecule has 0 atom stereocenters. The van der Waals surface area contributed by atoms with E-state index in [0.717, 1.165) is 24.1 Å². The van der Waals surface area contributed by atoms with Crippen LogP contribution < -0.4 is 9.47 Å². The fourth-order valence-corrected chi connectivity index (χ4v) is 5.31. The number of pyridine rings is 1. The maximum Gasteiger partial charge on any atom is 0.213 e. The third kappa shape index (κ3) is 8.29. The number of unbranched alkanes of at least 4 members (excludes halogenated alkanes) is 2. The molecular formula is C37H49N3+2. The van der Waals surface area contributed by atoms with E-state index in [9.17, 15) is 0 Å². The zero-order chi connectivity index (χ0) is 28.4. The smallest absolute Gasteiger partial charge is 0.213 e. The Balaban J connectivity index is 1.46. The summed E-state index contributed by atoms with van der Waals surface area (Å²) < 4.78 is 3.39. The van der Waals surface area contributed by atoms with E-state index in [0.29, 0.717) is 0 Å². The molecule has 3 nitrogen and oxygen atoms in total. The number of fused-ring (bicyclic) bond motifs is 2. The molecule has 0 aliphatic rings. The number of quaternary nitrogens is 1. The van der Waals surface area contributed by atoms with Gasteiger partial charge in [0.15, 0.2) is 12.7 Å². The first kappa shape index (κ1) is 29.6. The number of allylic oxidation sites excluding steroid dienone is 2. The molecular weight excluding hydrogens is 486 g/mol. The summed E-state index contributed by atoms with van der Waals surface area (Å²) in [5.41, 5.74) is 5.13. The molecule has 0 spiro atoms. The molecule has 3 aromatic carbocycles. The SMILES string of the molecule is CCCCN(CCCC)c1ccc2cc(/C=C/C=C/c3cc[n+](CCC[N+](C)(C)C)c4ccccc34)ccc2c1. The van der Waals surface area contributed by atoms with Gasteiger partial charge in [0.2, 0.25) is 5.52 Å². The second kappa shape index (κ2) is 14.3. The maximum absolute atomic E-state index is 2.56. The van der Waals surface area contributed by atoms with Gasteiger partial charge in [-0.2, -0.15) is 4.57 Å². The Kier molecular flexibility index (Phi) is 10.5. The van der Waals surface area contributed by atoms with Gasteiger partial charge in [0, 0.05) is 30.9 Å². The van der Waals surface area contributed by atoms with Crippen molar-refractivity contribution in [3.63, 3.8) is 0 Å². The summed E-state index contributed by atoms with van der Waals surface area (Å²) in [6, 6.07) is 24.7. The van der Waals surface area contributed by atoms with Gasteiger partial charge in [-0.15, -0.1) is 0 Å². The largest absolute Gasteiger partial charge is 0.372 e.